The van der Waals surface area contributed by atoms with Crippen LogP contribution in [0.25, 0.3) is 0 Å². The molecule has 6 nitrogen and oxygen atoms in total. The van der Waals surface area contributed by atoms with Crippen molar-refractivity contribution in [2.45, 2.75) is 18.1 Å². The van der Waals surface area contributed by atoms with E-state index in [1.165, 1.54) is 5.56 Å². The van der Waals surface area contributed by atoms with Gasteiger partial charge in [-0.2, -0.15) is 0 Å². The van der Waals surface area contributed by atoms with Crippen molar-refractivity contribution in [3.63, 3.8) is 0 Å². The third kappa shape index (κ3) is 4.21. The molecular formula is C13H20N5OS+. The number of aryl methyl sites for hydroxylation is 1. The van der Waals surface area contributed by atoms with Crippen LogP contribution < -0.4 is 10.1 Å². The molecule has 2 rings (SSSR count). The van der Waals surface area contributed by atoms with E-state index in [9.17, 15) is 0 Å². The average Bonchev–Trinajstić information content (AvgIpc) is 2.88. The van der Waals surface area contributed by atoms with Crippen molar-refractivity contribution in [1.82, 2.24) is 20.2 Å². The van der Waals surface area contributed by atoms with Gasteiger partial charge in [0.2, 0.25) is 5.16 Å². The van der Waals surface area contributed by atoms with E-state index in [0.717, 1.165) is 36.2 Å². The number of nitrogens with two attached hydrogens (primary N) is 1. The van der Waals surface area contributed by atoms with Gasteiger partial charge in [0, 0.05) is 24.8 Å². The number of thioether (sulfide) groups is 1. The zero-order valence-corrected chi connectivity index (χ0v) is 12.6. The molecule has 0 fully saturated rings. The number of ether oxygens (including phenoxy) is 1. The third-order valence-corrected chi connectivity index (χ3v) is 4.02. The van der Waals surface area contributed by atoms with Gasteiger partial charge in [0.1, 0.15) is 12.3 Å². The molecule has 108 valence electrons. The minimum atomic E-state index is 0.870. The van der Waals surface area contributed by atoms with Crippen LogP contribution in [0.15, 0.2) is 29.4 Å². The van der Waals surface area contributed by atoms with Crippen LogP contribution in [0.4, 0.5) is 0 Å². The average molecular weight is 294 g/mol. The number of rotatable bonds is 8. The maximum absolute atomic E-state index is 5.34. The van der Waals surface area contributed by atoms with E-state index in [1.54, 1.807) is 23.6 Å². The van der Waals surface area contributed by atoms with Crippen LogP contribution in [-0.2, 0) is 13.6 Å². The van der Waals surface area contributed by atoms with Crippen molar-refractivity contribution in [2.24, 2.45) is 7.05 Å². The topological polar surface area (TPSA) is 69.4 Å². The highest BCUT2D eigenvalue weighted by atomic mass is 32.2. The predicted octanol–water partition coefficient (Wildman–Crippen LogP) is 0.464. The molecule has 0 bridgehead atoms. The van der Waals surface area contributed by atoms with Crippen LogP contribution in [0.2, 0.25) is 0 Å². The van der Waals surface area contributed by atoms with Crippen LogP contribution in [0.5, 0.6) is 5.75 Å². The lowest BCUT2D eigenvalue weighted by Crippen LogP contribution is -2.82. The summed E-state index contributed by atoms with van der Waals surface area (Å²) in [5, 5.41) is 14.5. The molecule has 2 N–H and O–H groups in total. The predicted molar refractivity (Wildman–Crippen MR) is 77.6 cm³/mol. The first-order chi connectivity index (χ1) is 9.81. The number of methoxy groups -OCH3 is 1. The van der Waals surface area contributed by atoms with Gasteiger partial charge in [-0.1, -0.05) is 23.9 Å². The number of hydrogen-bond donors (Lipinski definition) is 1. The van der Waals surface area contributed by atoms with E-state index in [4.69, 9.17) is 4.74 Å². The van der Waals surface area contributed by atoms with Crippen LogP contribution in [0.1, 0.15) is 12.0 Å². The summed E-state index contributed by atoms with van der Waals surface area (Å²) >= 11 is 1.69. The lowest BCUT2D eigenvalue weighted by molar-refractivity contribution is -0.670. The number of nitrogens with zero attached hydrogens (tertiary/aromatic N) is 4. The zero-order chi connectivity index (χ0) is 14.2. The van der Waals surface area contributed by atoms with Gasteiger partial charge >= 0.3 is 0 Å². The molecule has 20 heavy (non-hydrogen) atoms. The fourth-order valence-electron chi connectivity index (χ4n) is 1.86. The lowest BCUT2D eigenvalue weighted by atomic mass is 10.2. The van der Waals surface area contributed by atoms with Gasteiger partial charge in [-0.15, -0.1) is 5.10 Å². The largest absolute Gasteiger partial charge is 0.496 e. The maximum atomic E-state index is 5.34. The summed E-state index contributed by atoms with van der Waals surface area (Å²) in [7, 11) is 3.57. The highest BCUT2D eigenvalue weighted by molar-refractivity contribution is 7.99. The van der Waals surface area contributed by atoms with Gasteiger partial charge in [0.05, 0.1) is 13.7 Å². The Hall–Kier alpha value is -1.60. The number of para-hydroxylation sites is 1. The van der Waals surface area contributed by atoms with E-state index in [0.29, 0.717) is 0 Å². The van der Waals surface area contributed by atoms with Crippen LogP contribution in [0.3, 0.4) is 0 Å². The second kappa shape index (κ2) is 7.86. The van der Waals surface area contributed by atoms with Crippen molar-refractivity contribution in [1.29, 1.82) is 0 Å². The second-order valence-corrected chi connectivity index (χ2v) is 5.44. The molecular weight excluding hydrogens is 274 g/mol. The Bertz CT molecular complexity index is 531. The Labute approximate surface area is 122 Å². The summed E-state index contributed by atoms with van der Waals surface area (Å²) in [5.41, 5.74) is 1.24. The number of aromatic nitrogens is 4. The van der Waals surface area contributed by atoms with Crippen LogP contribution >= 0.6 is 11.8 Å². The molecule has 0 radical (unpaired) electrons. The Balaban J connectivity index is 1.63. The molecule has 0 aliphatic rings. The molecule has 0 atom stereocenters. The summed E-state index contributed by atoms with van der Waals surface area (Å²) in [6, 6.07) is 8.14. The smallest absolute Gasteiger partial charge is 0.209 e. The van der Waals surface area contributed by atoms with Crippen LogP contribution in [-0.4, -0.2) is 39.6 Å². The summed E-state index contributed by atoms with van der Waals surface area (Å²) in [5.74, 6) is 1.99. The third-order valence-electron chi connectivity index (χ3n) is 2.92. The fraction of sp³-hybridized carbons (Fsp3) is 0.462. The summed E-state index contributed by atoms with van der Waals surface area (Å²) in [4.78, 5) is 0. The first-order valence-electron chi connectivity index (χ1n) is 6.60. The number of tetrazole rings is 1. The first-order valence-corrected chi connectivity index (χ1v) is 7.58. The molecule has 0 amide bonds. The van der Waals surface area contributed by atoms with Crippen molar-refractivity contribution >= 4 is 11.8 Å². The quantitative estimate of drug-likeness (QED) is 0.566. The Kier molecular flexibility index (Phi) is 5.82. The molecule has 2 aromatic rings. The standard InChI is InChI=1S/C13H19N5OS/c1-18-13(15-16-17-18)20-9-5-8-14-10-11-6-3-4-7-12(11)19-2/h3-4,6-7,14H,5,8-10H2,1-2H3/p+1. The molecule has 0 saturated carbocycles. The van der Waals surface area contributed by atoms with E-state index < -0.39 is 0 Å². The SMILES string of the molecule is COc1ccccc1C[NH2+]CCCSc1nnnn1C. The summed E-state index contributed by atoms with van der Waals surface area (Å²) in [6.45, 7) is 2.02. The molecule has 0 aliphatic carbocycles. The Morgan fingerprint density at radius 2 is 2.20 bits per heavy atom. The van der Waals surface area contributed by atoms with Gasteiger partial charge in [-0.05, 0) is 22.6 Å². The normalized spacial score (nSPS) is 10.7. The maximum Gasteiger partial charge on any atom is 0.209 e. The van der Waals surface area contributed by atoms with Crippen molar-refractivity contribution in [3.8, 4) is 5.75 Å². The summed E-state index contributed by atoms with van der Waals surface area (Å²) < 4.78 is 7.03. The molecule has 1 heterocycles. The van der Waals surface area contributed by atoms with Gasteiger partial charge in [-0.25, -0.2) is 4.68 Å². The van der Waals surface area contributed by atoms with Crippen molar-refractivity contribution < 1.29 is 10.1 Å². The molecule has 1 aromatic heterocycles. The molecule has 7 heteroatoms. The Morgan fingerprint density at radius 1 is 1.35 bits per heavy atom. The van der Waals surface area contributed by atoms with E-state index in [-0.39, 0.29) is 0 Å². The van der Waals surface area contributed by atoms with Gasteiger partial charge in [0.25, 0.3) is 0 Å². The number of quaternary nitrogens is 1. The molecule has 0 spiro atoms. The van der Waals surface area contributed by atoms with Gasteiger partial charge < -0.3 is 10.1 Å². The molecule has 0 saturated heterocycles. The second-order valence-electron chi connectivity index (χ2n) is 4.38. The first kappa shape index (κ1) is 14.8. The minimum Gasteiger partial charge on any atom is -0.496 e. The monoisotopic (exact) mass is 294 g/mol. The summed E-state index contributed by atoms with van der Waals surface area (Å²) in [6.07, 6.45) is 1.12. The molecule has 0 aliphatic heterocycles. The zero-order valence-electron chi connectivity index (χ0n) is 11.8. The lowest BCUT2D eigenvalue weighted by Gasteiger charge is -2.07. The van der Waals surface area contributed by atoms with Crippen molar-refractivity contribution in [2.75, 3.05) is 19.4 Å². The van der Waals surface area contributed by atoms with E-state index in [2.05, 4.69) is 26.9 Å². The van der Waals surface area contributed by atoms with Gasteiger partial charge in [-0.3, -0.25) is 0 Å². The number of hydrogen-bond acceptors (Lipinski definition) is 5. The highest BCUT2D eigenvalue weighted by Gasteiger charge is 2.04. The van der Waals surface area contributed by atoms with E-state index in [1.807, 2.05) is 25.2 Å². The van der Waals surface area contributed by atoms with Crippen molar-refractivity contribution in [3.05, 3.63) is 29.8 Å². The minimum absolute atomic E-state index is 0.870. The molecule has 1 aromatic carbocycles. The Morgan fingerprint density at radius 3 is 2.95 bits per heavy atom. The fourth-order valence-corrected chi connectivity index (χ4v) is 2.67. The molecule has 0 unspecified atom stereocenters. The highest BCUT2D eigenvalue weighted by Crippen LogP contribution is 2.15. The van der Waals surface area contributed by atoms with Gasteiger partial charge in [0.15, 0.2) is 0 Å². The van der Waals surface area contributed by atoms with E-state index >= 15 is 0 Å². The van der Waals surface area contributed by atoms with Crippen LogP contribution in [0, 0.1) is 0 Å². The number of benzene rings is 1.